The van der Waals surface area contributed by atoms with E-state index < -0.39 is 17.9 Å². The minimum atomic E-state index is -1.49. The number of hydrogen-bond donors (Lipinski definition) is 1. The molecule has 0 saturated carbocycles. The van der Waals surface area contributed by atoms with Crippen LogP contribution in [0.5, 0.6) is 0 Å². The Bertz CT molecular complexity index is 1540. The molecule has 0 bridgehead atoms. The SMILES string of the molecule is O=C([O-])c1ccc(-c2ccc(C(=O)[O-])nc2)c(C(=O)O)c1.[OH3+].[OH3+].[Zn+2].c1cnc2c(c1)ccc1cccnc12. The molecule has 188 valence electrons. The van der Waals surface area contributed by atoms with Gasteiger partial charge in [-0.05, 0) is 35.4 Å². The van der Waals surface area contributed by atoms with Crippen molar-refractivity contribution in [3.63, 3.8) is 0 Å². The van der Waals surface area contributed by atoms with E-state index in [1.807, 2.05) is 12.1 Å². The third-order valence-corrected chi connectivity index (χ3v) is 5.11. The van der Waals surface area contributed by atoms with Gasteiger partial charge in [0, 0.05) is 34.9 Å². The van der Waals surface area contributed by atoms with Crippen molar-refractivity contribution < 1.29 is 60.1 Å². The summed E-state index contributed by atoms with van der Waals surface area (Å²) in [6.45, 7) is 0. The number of carbonyl (C=O) groups is 3. The second-order valence-corrected chi connectivity index (χ2v) is 7.29. The van der Waals surface area contributed by atoms with E-state index in [0.717, 1.165) is 27.9 Å². The van der Waals surface area contributed by atoms with Gasteiger partial charge in [0.05, 0.1) is 34.2 Å². The summed E-state index contributed by atoms with van der Waals surface area (Å²) in [7, 11) is 0. The van der Waals surface area contributed by atoms with Gasteiger partial charge in [-0.3, -0.25) is 15.0 Å². The number of pyridine rings is 3. The zero-order chi connectivity index (χ0) is 24.9. The number of benzene rings is 2. The minimum Gasteiger partial charge on any atom is -0.545 e. The first-order chi connectivity index (χ1) is 16.8. The van der Waals surface area contributed by atoms with Crippen LogP contribution in [0, 0.1) is 0 Å². The van der Waals surface area contributed by atoms with Gasteiger partial charge in [-0.25, -0.2) is 4.79 Å². The zero-order valence-corrected chi connectivity index (χ0v) is 22.7. The third-order valence-electron chi connectivity index (χ3n) is 5.11. The molecule has 5 rings (SSSR count). The van der Waals surface area contributed by atoms with E-state index in [1.165, 1.54) is 30.5 Å². The van der Waals surface area contributed by atoms with E-state index in [2.05, 4.69) is 39.2 Å². The summed E-state index contributed by atoms with van der Waals surface area (Å²) in [4.78, 5) is 44.9. The van der Waals surface area contributed by atoms with Crippen molar-refractivity contribution in [3.05, 3.63) is 102 Å². The molecule has 0 atom stereocenters. The first-order valence-corrected chi connectivity index (χ1v) is 10.2. The molecule has 0 aliphatic heterocycles. The van der Waals surface area contributed by atoms with Crippen molar-refractivity contribution in [1.29, 1.82) is 0 Å². The summed E-state index contributed by atoms with van der Waals surface area (Å²) < 4.78 is 0. The summed E-state index contributed by atoms with van der Waals surface area (Å²) in [5.74, 6) is -4.26. The van der Waals surface area contributed by atoms with Crippen LogP contribution in [-0.4, -0.2) is 38.0 Å². The predicted molar refractivity (Wildman–Crippen MR) is 132 cm³/mol. The summed E-state index contributed by atoms with van der Waals surface area (Å²) in [6, 6.07) is 18.1. The molecule has 3 heterocycles. The molecule has 38 heavy (non-hydrogen) atoms. The summed E-state index contributed by atoms with van der Waals surface area (Å²) in [6.07, 6.45) is 4.78. The third kappa shape index (κ3) is 6.77. The van der Waals surface area contributed by atoms with E-state index >= 15 is 0 Å². The van der Waals surface area contributed by atoms with Crippen LogP contribution in [0.15, 0.2) is 85.3 Å². The largest absolute Gasteiger partial charge is 2.00 e. The molecule has 0 amide bonds. The molecular weight excluding hydrogens is 548 g/mol. The summed E-state index contributed by atoms with van der Waals surface area (Å²) in [5, 5.41) is 32.8. The van der Waals surface area contributed by atoms with Gasteiger partial charge < -0.3 is 35.9 Å². The number of carbonyl (C=O) groups excluding carboxylic acids is 2. The standard InChI is InChI=1S/C14H9NO6.C12H8N2.2H2O.Zn/c16-12(17)7-1-3-9(10(5-7)13(18)19)8-2-4-11(14(20)21)15-6-8;1-3-9-5-6-10-4-2-8-14-12(10)11(9)13-7-1;;;/h1-6H,(H,16,17)(H,18,19)(H,20,21);1-8H;2*1H2;/q;;;;+2. The second-order valence-electron chi connectivity index (χ2n) is 7.29. The first-order valence-electron chi connectivity index (χ1n) is 10.2. The van der Waals surface area contributed by atoms with Crippen LogP contribution in [0.4, 0.5) is 0 Å². The summed E-state index contributed by atoms with van der Waals surface area (Å²) >= 11 is 0. The number of carboxylic acids is 3. The maximum absolute atomic E-state index is 11.2. The first kappa shape index (κ1) is 31.4. The van der Waals surface area contributed by atoms with Gasteiger partial charge in [0.1, 0.15) is 0 Å². The molecule has 3 aromatic heterocycles. The molecule has 0 spiro atoms. The molecule has 0 fully saturated rings. The minimum absolute atomic E-state index is 0. The molecule has 2 aromatic carbocycles. The normalized spacial score (nSPS) is 9.58. The van der Waals surface area contributed by atoms with Gasteiger partial charge in [0.2, 0.25) is 0 Å². The van der Waals surface area contributed by atoms with Crippen LogP contribution >= 0.6 is 0 Å². The second kappa shape index (κ2) is 13.6. The Hall–Kier alpha value is -4.64. The van der Waals surface area contributed by atoms with Crippen molar-refractivity contribution in [2.24, 2.45) is 0 Å². The van der Waals surface area contributed by atoms with Crippen molar-refractivity contribution in [2.75, 3.05) is 0 Å². The van der Waals surface area contributed by atoms with Crippen molar-refractivity contribution >= 4 is 39.7 Å². The number of carboxylic acid groups (broad SMARTS) is 3. The maximum Gasteiger partial charge on any atom is 2.00 e. The van der Waals surface area contributed by atoms with Crippen LogP contribution in [0.2, 0.25) is 0 Å². The van der Waals surface area contributed by atoms with E-state index in [1.54, 1.807) is 12.4 Å². The van der Waals surface area contributed by atoms with Gasteiger partial charge in [0.15, 0.2) is 0 Å². The molecule has 7 N–H and O–H groups in total. The molecule has 0 saturated heterocycles. The van der Waals surface area contributed by atoms with Gasteiger partial charge in [-0.1, -0.05) is 42.5 Å². The molecule has 5 aromatic rings. The number of aromatic carboxylic acids is 3. The molecule has 0 radical (unpaired) electrons. The molecule has 0 unspecified atom stereocenters. The van der Waals surface area contributed by atoms with Crippen molar-refractivity contribution in [1.82, 2.24) is 15.0 Å². The summed E-state index contributed by atoms with van der Waals surface area (Å²) in [5.41, 5.74) is 1.69. The monoisotopic (exact) mass is 567 g/mol. The molecule has 0 aliphatic carbocycles. The van der Waals surface area contributed by atoms with Gasteiger partial charge >= 0.3 is 25.4 Å². The van der Waals surface area contributed by atoms with Crippen molar-refractivity contribution in [3.8, 4) is 11.1 Å². The Morgan fingerprint density at radius 3 is 1.74 bits per heavy atom. The Morgan fingerprint density at radius 2 is 1.29 bits per heavy atom. The number of fused-ring (bicyclic) bond motifs is 3. The number of rotatable bonds is 4. The van der Waals surface area contributed by atoms with Crippen LogP contribution < -0.4 is 10.2 Å². The van der Waals surface area contributed by atoms with E-state index in [-0.39, 0.29) is 52.8 Å². The molecular formula is C26H21N3O8Zn+2. The Kier molecular flexibility index (Phi) is 11.2. The molecule has 12 heteroatoms. The fraction of sp³-hybridized carbons (Fsp3) is 0. The molecule has 0 aliphatic rings. The fourth-order valence-corrected chi connectivity index (χ4v) is 3.45. The number of hydrogen-bond acceptors (Lipinski definition) is 8. The maximum atomic E-state index is 11.2. The van der Waals surface area contributed by atoms with Crippen LogP contribution in [0.1, 0.15) is 31.2 Å². The Morgan fingerprint density at radius 1 is 0.711 bits per heavy atom. The smallest absolute Gasteiger partial charge is 0.545 e. The van der Waals surface area contributed by atoms with Crippen molar-refractivity contribution in [2.45, 2.75) is 0 Å². The predicted octanol–water partition coefficient (Wildman–Crippen LogP) is 0.110. The van der Waals surface area contributed by atoms with Gasteiger partial charge in [-0.2, -0.15) is 0 Å². The van der Waals surface area contributed by atoms with Crippen LogP contribution in [0.3, 0.4) is 0 Å². The van der Waals surface area contributed by atoms with Gasteiger partial charge in [0.25, 0.3) is 0 Å². The average Bonchev–Trinajstić information content (AvgIpc) is 2.88. The Labute approximate surface area is 227 Å². The quantitative estimate of drug-likeness (QED) is 0.176. The molecule has 11 nitrogen and oxygen atoms in total. The topological polar surface area (TPSA) is 222 Å². The number of aromatic nitrogens is 3. The Balaban J connectivity index is 0.000000373. The van der Waals surface area contributed by atoms with E-state index in [0.29, 0.717) is 5.56 Å². The van der Waals surface area contributed by atoms with Gasteiger partial charge in [-0.15, -0.1) is 0 Å². The van der Waals surface area contributed by atoms with Crippen LogP contribution in [-0.2, 0) is 30.4 Å². The average molecular weight is 569 g/mol. The van der Waals surface area contributed by atoms with E-state index in [9.17, 15) is 24.6 Å². The fourth-order valence-electron chi connectivity index (χ4n) is 3.45. The number of nitrogens with zero attached hydrogens (tertiary/aromatic N) is 3. The van der Waals surface area contributed by atoms with E-state index in [4.69, 9.17) is 5.11 Å². The zero-order valence-electron chi connectivity index (χ0n) is 19.8. The van der Waals surface area contributed by atoms with Crippen LogP contribution in [0.25, 0.3) is 32.9 Å².